The summed E-state index contributed by atoms with van der Waals surface area (Å²) in [6.45, 7) is 0. The van der Waals surface area contributed by atoms with Crippen molar-refractivity contribution >= 4 is 5.82 Å². The van der Waals surface area contributed by atoms with Gasteiger partial charge in [0.05, 0.1) is 12.8 Å². The summed E-state index contributed by atoms with van der Waals surface area (Å²) >= 11 is 0. The van der Waals surface area contributed by atoms with Crippen molar-refractivity contribution in [2.75, 3.05) is 19.5 Å². The Balaban J connectivity index is 2.02. The van der Waals surface area contributed by atoms with Gasteiger partial charge in [0, 0.05) is 18.5 Å². The van der Waals surface area contributed by atoms with Crippen LogP contribution < -0.4 is 10.1 Å². The number of methoxy groups -OCH3 is 1. The molecule has 0 amide bonds. The molecule has 1 heterocycles. The average Bonchev–Trinajstić information content (AvgIpc) is 2.91. The molecular formula is C15H17N3O. The number of benzene rings is 1. The van der Waals surface area contributed by atoms with Crippen molar-refractivity contribution in [2.45, 2.75) is 18.8 Å². The summed E-state index contributed by atoms with van der Waals surface area (Å²) in [5.41, 5.74) is 3.66. The molecule has 1 N–H and O–H groups in total. The minimum atomic E-state index is 0.347. The fourth-order valence-corrected chi connectivity index (χ4v) is 2.80. The topological polar surface area (TPSA) is 47.0 Å². The van der Waals surface area contributed by atoms with E-state index in [4.69, 9.17) is 4.74 Å². The van der Waals surface area contributed by atoms with Crippen molar-refractivity contribution in [2.24, 2.45) is 0 Å². The smallest absolute Gasteiger partial charge is 0.132 e. The number of hydrogen-bond acceptors (Lipinski definition) is 4. The average molecular weight is 255 g/mol. The van der Waals surface area contributed by atoms with Gasteiger partial charge in [-0.05, 0) is 30.5 Å². The van der Waals surface area contributed by atoms with Crippen LogP contribution in [0.15, 0.2) is 30.6 Å². The molecular weight excluding hydrogens is 238 g/mol. The van der Waals surface area contributed by atoms with Crippen LogP contribution >= 0.6 is 0 Å². The third-order valence-corrected chi connectivity index (χ3v) is 3.72. The molecule has 0 spiro atoms. The normalized spacial score (nSPS) is 17.1. The maximum absolute atomic E-state index is 5.30. The molecule has 1 atom stereocenters. The molecule has 1 aliphatic rings. The number of ether oxygens (including phenoxy) is 1. The SMILES string of the molecule is CNc1ncnc2c1CCC2c1cccc(OC)c1. The molecule has 4 heteroatoms. The Labute approximate surface area is 112 Å². The molecule has 0 bridgehead atoms. The van der Waals surface area contributed by atoms with Gasteiger partial charge in [-0.3, -0.25) is 0 Å². The molecule has 0 fully saturated rings. The summed E-state index contributed by atoms with van der Waals surface area (Å²) in [4.78, 5) is 8.77. The van der Waals surface area contributed by atoms with Gasteiger partial charge < -0.3 is 10.1 Å². The van der Waals surface area contributed by atoms with E-state index < -0.39 is 0 Å². The maximum atomic E-state index is 5.30. The van der Waals surface area contributed by atoms with E-state index in [9.17, 15) is 0 Å². The Hall–Kier alpha value is -2.10. The maximum Gasteiger partial charge on any atom is 0.132 e. The Bertz CT molecular complexity index is 598. The highest BCUT2D eigenvalue weighted by molar-refractivity contribution is 5.51. The van der Waals surface area contributed by atoms with Crippen LogP contribution in [0, 0.1) is 0 Å². The molecule has 2 aromatic rings. The molecule has 19 heavy (non-hydrogen) atoms. The summed E-state index contributed by atoms with van der Waals surface area (Å²) in [6.07, 6.45) is 3.74. The third kappa shape index (κ3) is 2.03. The molecule has 98 valence electrons. The number of nitrogens with one attached hydrogen (secondary N) is 1. The molecule has 0 radical (unpaired) electrons. The van der Waals surface area contributed by atoms with Crippen LogP contribution in [0.3, 0.4) is 0 Å². The van der Waals surface area contributed by atoms with Gasteiger partial charge in [-0.15, -0.1) is 0 Å². The van der Waals surface area contributed by atoms with Gasteiger partial charge in [-0.2, -0.15) is 0 Å². The monoisotopic (exact) mass is 255 g/mol. The second-order valence-corrected chi connectivity index (χ2v) is 4.70. The predicted molar refractivity (Wildman–Crippen MR) is 74.7 cm³/mol. The van der Waals surface area contributed by atoms with Crippen molar-refractivity contribution in [1.29, 1.82) is 0 Å². The van der Waals surface area contributed by atoms with E-state index in [0.29, 0.717) is 5.92 Å². The minimum absolute atomic E-state index is 0.347. The number of fused-ring (bicyclic) bond motifs is 1. The van der Waals surface area contributed by atoms with Gasteiger partial charge in [-0.25, -0.2) is 9.97 Å². The van der Waals surface area contributed by atoms with E-state index >= 15 is 0 Å². The summed E-state index contributed by atoms with van der Waals surface area (Å²) < 4.78 is 5.30. The van der Waals surface area contributed by atoms with Crippen LogP contribution in [0.4, 0.5) is 5.82 Å². The number of rotatable bonds is 3. The highest BCUT2D eigenvalue weighted by atomic mass is 16.5. The molecule has 4 nitrogen and oxygen atoms in total. The molecule has 1 unspecified atom stereocenters. The molecule has 1 aromatic heterocycles. The number of nitrogens with zero attached hydrogens (tertiary/aromatic N) is 2. The van der Waals surface area contributed by atoms with Crippen LogP contribution in [0.25, 0.3) is 0 Å². The lowest BCUT2D eigenvalue weighted by Crippen LogP contribution is -2.03. The molecule has 1 aliphatic carbocycles. The predicted octanol–water partition coefficient (Wildman–Crippen LogP) is 2.61. The minimum Gasteiger partial charge on any atom is -0.497 e. The first kappa shape index (κ1) is 12.0. The van der Waals surface area contributed by atoms with Crippen molar-refractivity contribution in [3.05, 3.63) is 47.4 Å². The van der Waals surface area contributed by atoms with Crippen molar-refractivity contribution in [1.82, 2.24) is 9.97 Å². The quantitative estimate of drug-likeness (QED) is 0.915. The van der Waals surface area contributed by atoms with Crippen LogP contribution in [0.1, 0.15) is 29.2 Å². The van der Waals surface area contributed by atoms with Crippen molar-refractivity contribution in [3.63, 3.8) is 0 Å². The number of hydrogen-bond donors (Lipinski definition) is 1. The second kappa shape index (κ2) is 4.88. The molecule has 0 saturated heterocycles. The van der Waals surface area contributed by atoms with Crippen LogP contribution in [0.2, 0.25) is 0 Å². The Morgan fingerprint density at radius 2 is 2.21 bits per heavy atom. The summed E-state index contributed by atoms with van der Waals surface area (Å²) in [6, 6.07) is 8.25. The van der Waals surface area contributed by atoms with Gasteiger partial charge in [0.25, 0.3) is 0 Å². The largest absolute Gasteiger partial charge is 0.497 e. The lowest BCUT2D eigenvalue weighted by Gasteiger charge is -2.12. The van der Waals surface area contributed by atoms with E-state index in [-0.39, 0.29) is 0 Å². The zero-order chi connectivity index (χ0) is 13.2. The van der Waals surface area contributed by atoms with Gasteiger partial charge in [0.15, 0.2) is 0 Å². The lowest BCUT2D eigenvalue weighted by molar-refractivity contribution is 0.414. The first-order valence-corrected chi connectivity index (χ1v) is 6.49. The van der Waals surface area contributed by atoms with Crippen molar-refractivity contribution in [3.8, 4) is 5.75 Å². The first-order chi connectivity index (χ1) is 9.33. The lowest BCUT2D eigenvalue weighted by atomic mass is 9.96. The first-order valence-electron chi connectivity index (χ1n) is 6.49. The molecule has 0 aliphatic heterocycles. The highest BCUT2D eigenvalue weighted by Gasteiger charge is 2.28. The zero-order valence-corrected chi connectivity index (χ0v) is 11.2. The Kier molecular flexibility index (Phi) is 3.07. The molecule has 0 saturated carbocycles. The fourth-order valence-electron chi connectivity index (χ4n) is 2.80. The van der Waals surface area contributed by atoms with E-state index in [1.54, 1.807) is 13.4 Å². The molecule has 1 aromatic carbocycles. The summed E-state index contributed by atoms with van der Waals surface area (Å²) in [5.74, 6) is 2.20. The van der Waals surface area contributed by atoms with Crippen LogP contribution in [0.5, 0.6) is 5.75 Å². The number of aromatic nitrogens is 2. The number of anilines is 1. The van der Waals surface area contributed by atoms with Crippen LogP contribution in [-0.4, -0.2) is 24.1 Å². The van der Waals surface area contributed by atoms with E-state index in [0.717, 1.165) is 30.1 Å². The van der Waals surface area contributed by atoms with Gasteiger partial charge in [-0.1, -0.05) is 12.1 Å². The second-order valence-electron chi connectivity index (χ2n) is 4.70. The third-order valence-electron chi connectivity index (χ3n) is 3.72. The van der Waals surface area contributed by atoms with Crippen molar-refractivity contribution < 1.29 is 4.74 Å². The van der Waals surface area contributed by atoms with Crippen LogP contribution in [-0.2, 0) is 6.42 Å². The van der Waals surface area contributed by atoms with E-state index in [1.807, 2.05) is 19.2 Å². The van der Waals surface area contributed by atoms with Gasteiger partial charge in [0.1, 0.15) is 17.9 Å². The fraction of sp³-hybridized carbons (Fsp3) is 0.333. The zero-order valence-electron chi connectivity index (χ0n) is 11.2. The Morgan fingerprint density at radius 3 is 3.00 bits per heavy atom. The summed E-state index contributed by atoms with van der Waals surface area (Å²) in [5, 5.41) is 3.15. The Morgan fingerprint density at radius 1 is 1.32 bits per heavy atom. The highest BCUT2D eigenvalue weighted by Crippen LogP contribution is 2.39. The van der Waals surface area contributed by atoms with E-state index in [2.05, 4.69) is 27.4 Å². The van der Waals surface area contributed by atoms with E-state index in [1.165, 1.54) is 11.1 Å². The summed E-state index contributed by atoms with van der Waals surface area (Å²) in [7, 11) is 3.60. The van der Waals surface area contributed by atoms with Gasteiger partial charge in [0.2, 0.25) is 0 Å². The standard InChI is InChI=1S/C15H17N3O/c1-16-15-13-7-6-12(14(13)17-9-18-15)10-4-3-5-11(8-10)19-2/h3-5,8-9,12H,6-7H2,1-2H3,(H,16,17,18). The van der Waals surface area contributed by atoms with Gasteiger partial charge >= 0.3 is 0 Å². The molecule has 3 rings (SSSR count).